The molecule has 3 heteroatoms. The summed E-state index contributed by atoms with van der Waals surface area (Å²) in [5, 5.41) is 4.13. The average Bonchev–Trinajstić information content (AvgIpc) is 2.32. The maximum atomic E-state index is 6.67. The van der Waals surface area contributed by atoms with Crippen LogP contribution in [0.4, 0.5) is 0 Å². The largest absolute Gasteiger partial charge is 0.502 e. The lowest BCUT2D eigenvalue weighted by Gasteiger charge is -2.39. The van der Waals surface area contributed by atoms with Crippen LogP contribution in [0.1, 0.15) is 74.7 Å². The SMILES string of the molecule is CC(C)[CH2][Al][CH2]CC(CC(C)C)(CC(C)C)[O][Al][CH2]C(C)C. The Labute approximate surface area is 154 Å². The monoisotopic (exact) mass is 338 g/mol. The van der Waals surface area contributed by atoms with Crippen molar-refractivity contribution in [3.63, 3.8) is 0 Å². The molecule has 0 rings (SSSR count). The Bertz CT molecular complexity index is 252. The molecule has 0 unspecified atom stereocenters. The molecule has 0 bridgehead atoms. The average molecular weight is 338 g/mol. The molecular weight excluding hydrogens is 298 g/mol. The first kappa shape index (κ1) is 23.0. The summed E-state index contributed by atoms with van der Waals surface area (Å²) in [6, 6.07) is 0. The third kappa shape index (κ3) is 12.4. The van der Waals surface area contributed by atoms with E-state index in [0.717, 1.165) is 23.7 Å². The van der Waals surface area contributed by atoms with Crippen LogP contribution in [0.2, 0.25) is 15.8 Å². The summed E-state index contributed by atoms with van der Waals surface area (Å²) in [6.45, 7) is 18.8. The summed E-state index contributed by atoms with van der Waals surface area (Å²) >= 11 is 0.764. The second-order valence-electron chi connectivity index (χ2n) is 8.75. The van der Waals surface area contributed by atoms with Crippen molar-refractivity contribution in [2.75, 3.05) is 0 Å². The first-order chi connectivity index (χ1) is 10.2. The molecule has 0 spiro atoms. The fourth-order valence-corrected chi connectivity index (χ4v) is 5.94. The van der Waals surface area contributed by atoms with Crippen LogP contribution in [0.25, 0.3) is 0 Å². The molecule has 0 aliphatic rings. The van der Waals surface area contributed by atoms with Crippen LogP contribution in [0.3, 0.4) is 0 Å². The van der Waals surface area contributed by atoms with E-state index in [4.69, 9.17) is 3.79 Å². The standard InChI is InChI=1S/C11H22O.2C4H9.2Al/c1-6-11(12,7-9(2)3)8-10(4)5;2*1-4(2)3;;/h9-10H,1,6-8H2,2-5H3;2*4H,1H2,2-3H3;;/q-1;;;;+1. The molecule has 0 aromatic carbocycles. The second-order valence-corrected chi connectivity index (χ2v) is 11.4. The third-order valence-electron chi connectivity index (χ3n) is 3.90. The van der Waals surface area contributed by atoms with Gasteiger partial charge in [-0.05, 0) is 31.1 Å². The van der Waals surface area contributed by atoms with Gasteiger partial charge in [-0.15, -0.1) is 10.6 Å². The summed E-state index contributed by atoms with van der Waals surface area (Å²) in [5.74, 6) is 3.11. The van der Waals surface area contributed by atoms with Crippen LogP contribution in [0, 0.1) is 23.7 Å². The van der Waals surface area contributed by atoms with Crippen molar-refractivity contribution in [3.8, 4) is 0 Å². The number of hydrogen-bond donors (Lipinski definition) is 0. The van der Waals surface area contributed by atoms with Crippen LogP contribution < -0.4 is 0 Å². The minimum absolute atomic E-state index is 0.156. The van der Waals surface area contributed by atoms with Crippen LogP contribution in [0.15, 0.2) is 0 Å². The molecule has 0 amide bonds. The molecule has 1 nitrogen and oxygen atoms in total. The van der Waals surface area contributed by atoms with Crippen LogP contribution in [-0.2, 0) is 3.79 Å². The van der Waals surface area contributed by atoms with E-state index in [1.54, 1.807) is 0 Å². The lowest BCUT2D eigenvalue weighted by Crippen LogP contribution is -2.37. The number of hydrogen-bond acceptors (Lipinski definition) is 1. The highest BCUT2D eigenvalue weighted by Gasteiger charge is 2.31. The van der Waals surface area contributed by atoms with E-state index in [9.17, 15) is 0 Å². The maximum absolute atomic E-state index is 6.67. The molecule has 0 N–H and O–H groups in total. The Kier molecular flexibility index (Phi) is 13.0. The van der Waals surface area contributed by atoms with Gasteiger partial charge >= 0.3 is 15.6 Å². The Morgan fingerprint density at radius 1 is 0.727 bits per heavy atom. The fourth-order valence-electron chi connectivity index (χ4n) is 3.16. The lowest BCUT2D eigenvalue weighted by molar-refractivity contribution is 0.0249. The quantitative estimate of drug-likeness (QED) is 0.290. The molecule has 2 radical (unpaired) electrons. The molecule has 0 saturated carbocycles. The third-order valence-corrected chi connectivity index (χ3v) is 7.68. The molecule has 128 valence electrons. The molecule has 0 aromatic heterocycles. The molecule has 0 saturated heterocycles. The Morgan fingerprint density at radius 3 is 1.64 bits per heavy atom. The van der Waals surface area contributed by atoms with Crippen molar-refractivity contribution in [2.24, 2.45) is 23.7 Å². The van der Waals surface area contributed by atoms with Crippen LogP contribution in [-0.4, -0.2) is 36.4 Å². The van der Waals surface area contributed by atoms with Gasteiger partial charge in [0.25, 0.3) is 0 Å². The summed E-state index contributed by atoms with van der Waals surface area (Å²) < 4.78 is 6.67. The van der Waals surface area contributed by atoms with E-state index >= 15 is 0 Å². The summed E-state index contributed by atoms with van der Waals surface area (Å²) in [4.78, 5) is 0. The van der Waals surface area contributed by atoms with Gasteiger partial charge in [-0.25, -0.2) is 0 Å². The zero-order valence-corrected chi connectivity index (χ0v) is 18.9. The second kappa shape index (κ2) is 12.4. The normalized spacial score (nSPS) is 12.7. The van der Waals surface area contributed by atoms with Gasteiger partial charge in [0.05, 0.1) is 0 Å². The fraction of sp³-hybridized carbons (Fsp3) is 1.00. The van der Waals surface area contributed by atoms with Gasteiger partial charge in [0.15, 0.2) is 15.2 Å². The van der Waals surface area contributed by atoms with Gasteiger partial charge in [-0.2, -0.15) is 0 Å². The van der Waals surface area contributed by atoms with Gasteiger partial charge in [0, 0.05) is 5.60 Å². The van der Waals surface area contributed by atoms with E-state index in [2.05, 4.69) is 55.4 Å². The highest BCUT2D eigenvalue weighted by Crippen LogP contribution is 2.34. The molecular formula is C19H40Al2O. The minimum Gasteiger partial charge on any atom is -0.502 e. The van der Waals surface area contributed by atoms with Crippen molar-refractivity contribution < 1.29 is 3.79 Å². The first-order valence-corrected chi connectivity index (χ1v) is 12.4. The van der Waals surface area contributed by atoms with Crippen molar-refractivity contribution in [1.29, 1.82) is 0 Å². The van der Waals surface area contributed by atoms with Crippen molar-refractivity contribution in [1.82, 2.24) is 0 Å². The van der Waals surface area contributed by atoms with Gasteiger partial charge in [-0.3, -0.25) is 0 Å². The van der Waals surface area contributed by atoms with E-state index in [1.807, 2.05) is 0 Å². The van der Waals surface area contributed by atoms with E-state index in [0.29, 0.717) is 15.2 Å². The Balaban J connectivity index is 4.69. The van der Waals surface area contributed by atoms with E-state index in [-0.39, 0.29) is 21.2 Å². The topological polar surface area (TPSA) is 9.23 Å². The molecule has 0 fully saturated rings. The summed E-state index contributed by atoms with van der Waals surface area (Å²) in [5.41, 5.74) is 0.177. The molecule has 0 aliphatic heterocycles. The Hall–Kier alpha value is 1.02. The highest BCUT2D eigenvalue weighted by atomic mass is 27.1. The summed E-state index contributed by atoms with van der Waals surface area (Å²) in [6.07, 6.45) is 3.80. The zero-order valence-electron chi connectivity index (χ0n) is 16.6. The van der Waals surface area contributed by atoms with Crippen molar-refractivity contribution in [3.05, 3.63) is 0 Å². The van der Waals surface area contributed by atoms with Crippen molar-refractivity contribution in [2.45, 2.75) is 96.1 Å². The van der Waals surface area contributed by atoms with E-state index in [1.165, 1.54) is 35.1 Å². The van der Waals surface area contributed by atoms with Gasteiger partial charge in [0.1, 0.15) is 0 Å². The molecule has 0 aliphatic carbocycles. The highest BCUT2D eigenvalue weighted by molar-refractivity contribution is 6.35. The Morgan fingerprint density at radius 2 is 1.23 bits per heavy atom. The molecule has 0 heterocycles. The number of rotatable bonds is 13. The van der Waals surface area contributed by atoms with Gasteiger partial charge in [-0.1, -0.05) is 72.5 Å². The molecule has 0 aromatic rings. The van der Waals surface area contributed by atoms with Gasteiger partial charge < -0.3 is 3.79 Å². The predicted molar refractivity (Wildman–Crippen MR) is 103 cm³/mol. The maximum Gasteiger partial charge on any atom is 0.424 e. The van der Waals surface area contributed by atoms with Crippen molar-refractivity contribution >= 4 is 30.8 Å². The smallest absolute Gasteiger partial charge is 0.424 e. The van der Waals surface area contributed by atoms with E-state index < -0.39 is 0 Å². The van der Waals surface area contributed by atoms with Gasteiger partial charge in [0.2, 0.25) is 0 Å². The van der Waals surface area contributed by atoms with Crippen LogP contribution >= 0.6 is 0 Å². The van der Waals surface area contributed by atoms with Crippen LogP contribution in [0.5, 0.6) is 0 Å². The predicted octanol–water partition coefficient (Wildman–Crippen LogP) is 6.11. The zero-order chi connectivity index (χ0) is 17.2. The molecule has 0 atom stereocenters. The minimum atomic E-state index is 0.156. The molecule has 22 heavy (non-hydrogen) atoms. The summed E-state index contributed by atoms with van der Waals surface area (Å²) in [7, 11) is 0. The lowest BCUT2D eigenvalue weighted by atomic mass is 9.83. The first-order valence-electron chi connectivity index (χ1n) is 9.48.